The van der Waals surface area contributed by atoms with E-state index in [1.165, 1.54) is 6.92 Å². The summed E-state index contributed by atoms with van der Waals surface area (Å²) < 4.78 is 63.5. The van der Waals surface area contributed by atoms with Crippen molar-refractivity contribution in [1.29, 1.82) is 0 Å². The normalized spacial score (nSPS) is 12.5. The van der Waals surface area contributed by atoms with Crippen LogP contribution in [0.4, 0.5) is 13.2 Å². The molecular formula is C9H9BrF3NO3S. The van der Waals surface area contributed by atoms with E-state index in [-0.39, 0.29) is 21.0 Å². The number of aromatic nitrogens is 1. The second-order valence-electron chi connectivity index (χ2n) is 3.27. The van der Waals surface area contributed by atoms with Gasteiger partial charge >= 0.3 is 6.18 Å². The van der Waals surface area contributed by atoms with Crippen LogP contribution in [0.5, 0.6) is 5.75 Å². The minimum atomic E-state index is -4.50. The first-order valence-electron chi connectivity index (χ1n) is 4.73. The average Bonchev–Trinajstić information content (AvgIpc) is 2.26. The molecule has 1 heterocycles. The van der Waals surface area contributed by atoms with Gasteiger partial charge in [0.1, 0.15) is 4.60 Å². The Bertz CT molecular complexity index is 530. The maximum atomic E-state index is 12.0. The van der Waals surface area contributed by atoms with E-state index in [0.29, 0.717) is 0 Å². The van der Waals surface area contributed by atoms with E-state index < -0.39 is 22.6 Å². The second-order valence-corrected chi connectivity index (χ2v) is 6.30. The maximum Gasteiger partial charge on any atom is 0.422 e. The van der Waals surface area contributed by atoms with Gasteiger partial charge in [-0.3, -0.25) is 0 Å². The summed E-state index contributed by atoms with van der Waals surface area (Å²) in [5.41, 5.74) is 0. The van der Waals surface area contributed by atoms with Crippen LogP contribution in [-0.2, 0) is 9.84 Å². The van der Waals surface area contributed by atoms with Crippen molar-refractivity contribution in [3.8, 4) is 5.75 Å². The van der Waals surface area contributed by atoms with Gasteiger partial charge in [0.05, 0.1) is 10.6 Å². The highest BCUT2D eigenvalue weighted by atomic mass is 79.9. The average molecular weight is 348 g/mol. The largest absolute Gasteiger partial charge is 0.481 e. The van der Waals surface area contributed by atoms with Crippen molar-refractivity contribution in [2.75, 3.05) is 12.4 Å². The summed E-state index contributed by atoms with van der Waals surface area (Å²) in [5.74, 6) is -0.434. The van der Waals surface area contributed by atoms with Crippen molar-refractivity contribution in [2.24, 2.45) is 0 Å². The van der Waals surface area contributed by atoms with Crippen LogP contribution in [0.3, 0.4) is 0 Å². The number of pyridine rings is 1. The Balaban J connectivity index is 3.03. The van der Waals surface area contributed by atoms with Crippen molar-refractivity contribution in [3.63, 3.8) is 0 Å². The monoisotopic (exact) mass is 347 g/mol. The quantitative estimate of drug-likeness (QED) is 0.785. The topological polar surface area (TPSA) is 56.3 Å². The smallest absolute Gasteiger partial charge is 0.422 e. The third-order valence-corrected chi connectivity index (χ3v) is 4.21. The Hall–Kier alpha value is -0.830. The third kappa shape index (κ3) is 4.13. The van der Waals surface area contributed by atoms with Crippen LogP contribution in [0.2, 0.25) is 0 Å². The number of hydrogen-bond acceptors (Lipinski definition) is 4. The molecule has 0 aliphatic carbocycles. The zero-order valence-electron chi connectivity index (χ0n) is 9.16. The molecule has 0 spiro atoms. The molecule has 0 amide bonds. The van der Waals surface area contributed by atoms with Crippen LogP contribution in [0.15, 0.2) is 21.8 Å². The first-order valence-corrected chi connectivity index (χ1v) is 7.18. The summed E-state index contributed by atoms with van der Waals surface area (Å²) >= 11 is 2.89. The van der Waals surface area contributed by atoms with Crippen molar-refractivity contribution >= 4 is 25.8 Å². The van der Waals surface area contributed by atoms with Crippen LogP contribution in [0.1, 0.15) is 6.92 Å². The lowest BCUT2D eigenvalue weighted by atomic mass is 10.4. The molecule has 0 N–H and O–H groups in total. The Kier molecular flexibility index (Phi) is 4.60. The van der Waals surface area contributed by atoms with Crippen molar-refractivity contribution in [2.45, 2.75) is 18.0 Å². The molecule has 1 aromatic heterocycles. The van der Waals surface area contributed by atoms with Crippen molar-refractivity contribution < 1.29 is 26.3 Å². The molecular weight excluding hydrogens is 339 g/mol. The van der Waals surface area contributed by atoms with Crippen molar-refractivity contribution in [3.05, 3.63) is 16.9 Å². The predicted molar refractivity (Wildman–Crippen MR) is 61.2 cm³/mol. The fourth-order valence-corrected chi connectivity index (χ4v) is 2.17. The maximum absolute atomic E-state index is 12.0. The van der Waals surface area contributed by atoms with E-state index in [2.05, 4.69) is 25.7 Å². The molecule has 0 saturated carbocycles. The molecule has 1 aromatic rings. The van der Waals surface area contributed by atoms with Gasteiger partial charge in [0.25, 0.3) is 0 Å². The number of halogens is 4. The van der Waals surface area contributed by atoms with Crippen LogP contribution >= 0.6 is 15.9 Å². The number of nitrogens with zero attached hydrogens (tertiary/aromatic N) is 1. The second kappa shape index (κ2) is 5.43. The molecule has 0 atom stereocenters. The minimum absolute atomic E-state index is 0.0156. The summed E-state index contributed by atoms with van der Waals surface area (Å²) in [6.07, 6.45) is -3.44. The predicted octanol–water partition coefficient (Wildman–Crippen LogP) is 2.58. The van der Waals surface area contributed by atoms with Crippen LogP contribution in [0, 0.1) is 0 Å². The fraction of sp³-hybridized carbons (Fsp3) is 0.444. The third-order valence-electron chi connectivity index (χ3n) is 1.91. The summed E-state index contributed by atoms with van der Waals surface area (Å²) in [7, 11) is -3.54. The minimum Gasteiger partial charge on any atom is -0.481 e. The summed E-state index contributed by atoms with van der Waals surface area (Å²) in [5, 5.41) is 0. The van der Waals surface area contributed by atoms with E-state index in [4.69, 9.17) is 0 Å². The lowest BCUT2D eigenvalue weighted by Gasteiger charge is -2.11. The molecule has 0 unspecified atom stereocenters. The first-order chi connectivity index (χ1) is 8.15. The van der Waals surface area contributed by atoms with Crippen LogP contribution in [-0.4, -0.2) is 31.9 Å². The van der Waals surface area contributed by atoms with Gasteiger partial charge in [-0.05, 0) is 15.9 Å². The number of hydrogen-bond donors (Lipinski definition) is 0. The molecule has 102 valence electrons. The van der Waals surface area contributed by atoms with Crippen LogP contribution in [0.25, 0.3) is 0 Å². The van der Waals surface area contributed by atoms with Gasteiger partial charge in [-0.15, -0.1) is 0 Å². The highest BCUT2D eigenvalue weighted by molar-refractivity contribution is 9.10. The van der Waals surface area contributed by atoms with Crippen molar-refractivity contribution in [1.82, 2.24) is 4.98 Å². The van der Waals surface area contributed by atoms with Crippen LogP contribution < -0.4 is 4.74 Å². The molecule has 9 heteroatoms. The number of alkyl halides is 3. The summed E-state index contributed by atoms with van der Waals surface area (Å²) in [6, 6.07) is 1.02. The number of ether oxygens (including phenoxy) is 1. The Morgan fingerprint density at radius 2 is 2.06 bits per heavy atom. The molecule has 0 aliphatic rings. The van der Waals surface area contributed by atoms with Gasteiger partial charge in [0, 0.05) is 12.3 Å². The van der Waals surface area contributed by atoms with E-state index in [0.717, 1.165) is 12.3 Å². The molecule has 0 aliphatic heterocycles. The van der Waals surface area contributed by atoms with Gasteiger partial charge < -0.3 is 4.74 Å². The SMILES string of the molecule is CCS(=O)(=O)c1cnc(Br)c(OCC(F)(F)F)c1. The zero-order valence-corrected chi connectivity index (χ0v) is 11.6. The van der Waals surface area contributed by atoms with Gasteiger partial charge in [-0.1, -0.05) is 6.92 Å². The lowest BCUT2D eigenvalue weighted by molar-refractivity contribution is -0.153. The Labute approximate surface area is 110 Å². The highest BCUT2D eigenvalue weighted by Gasteiger charge is 2.29. The van der Waals surface area contributed by atoms with Gasteiger partial charge in [0.2, 0.25) is 0 Å². The lowest BCUT2D eigenvalue weighted by Crippen LogP contribution is -2.19. The number of sulfone groups is 1. The fourth-order valence-electron chi connectivity index (χ4n) is 1.01. The Morgan fingerprint density at radius 3 is 2.56 bits per heavy atom. The standard InChI is InChI=1S/C9H9BrF3NO3S/c1-2-18(15,16)6-3-7(8(10)14-4-6)17-5-9(11,12)13/h3-4H,2,5H2,1H3. The molecule has 0 bridgehead atoms. The van der Waals surface area contributed by atoms with E-state index >= 15 is 0 Å². The molecule has 0 saturated heterocycles. The van der Waals surface area contributed by atoms with Gasteiger partial charge in [-0.25, -0.2) is 13.4 Å². The molecule has 0 aromatic carbocycles. The first kappa shape index (κ1) is 15.2. The zero-order chi connectivity index (χ0) is 14.0. The van der Waals surface area contributed by atoms with E-state index in [1.54, 1.807) is 0 Å². The van der Waals surface area contributed by atoms with Gasteiger partial charge in [0.15, 0.2) is 22.2 Å². The molecule has 1 rings (SSSR count). The summed E-state index contributed by atoms with van der Waals surface area (Å²) in [4.78, 5) is 3.46. The molecule has 0 fully saturated rings. The van der Waals surface area contributed by atoms with Gasteiger partial charge in [-0.2, -0.15) is 13.2 Å². The molecule has 18 heavy (non-hydrogen) atoms. The van der Waals surface area contributed by atoms with E-state index in [9.17, 15) is 21.6 Å². The molecule has 0 radical (unpaired) electrons. The van der Waals surface area contributed by atoms with E-state index in [1.807, 2.05) is 0 Å². The highest BCUT2D eigenvalue weighted by Crippen LogP contribution is 2.27. The Morgan fingerprint density at radius 1 is 1.44 bits per heavy atom. The molecule has 4 nitrogen and oxygen atoms in total. The summed E-state index contributed by atoms with van der Waals surface area (Å²) in [6.45, 7) is -0.0868. The number of rotatable bonds is 4.